The molecule has 0 aliphatic carbocycles. The Morgan fingerprint density at radius 3 is 3.05 bits per heavy atom. The van der Waals surface area contributed by atoms with Gasteiger partial charge in [0.05, 0.1) is 11.9 Å². The van der Waals surface area contributed by atoms with Gasteiger partial charge in [0.15, 0.2) is 0 Å². The van der Waals surface area contributed by atoms with E-state index >= 15 is 0 Å². The van der Waals surface area contributed by atoms with Crippen LogP contribution >= 0.6 is 0 Å². The molecule has 0 unspecified atom stereocenters. The minimum atomic E-state index is 0.739. The smallest absolute Gasteiger partial charge is 0.143 e. The predicted molar refractivity (Wildman–Crippen MR) is 79.0 cm³/mol. The molecule has 3 rings (SSSR count). The number of tetrazole rings is 1. The molecule has 108 valence electrons. The van der Waals surface area contributed by atoms with Crippen LogP contribution in [-0.4, -0.2) is 30.0 Å². The Hall–Kier alpha value is -2.70. The van der Waals surface area contributed by atoms with Crippen molar-refractivity contribution in [3.63, 3.8) is 0 Å². The lowest BCUT2D eigenvalue weighted by atomic mass is 10.2. The fourth-order valence-corrected chi connectivity index (χ4v) is 2.09. The molecule has 0 aliphatic rings. The molecule has 1 N–H and O–H groups in total. The highest BCUT2D eigenvalue weighted by Crippen LogP contribution is 2.14. The van der Waals surface area contributed by atoms with Crippen LogP contribution in [0.1, 0.15) is 18.9 Å². The lowest BCUT2D eigenvalue weighted by Crippen LogP contribution is -2.01. The van der Waals surface area contributed by atoms with E-state index in [4.69, 9.17) is 0 Å². The van der Waals surface area contributed by atoms with Crippen LogP contribution < -0.4 is 5.32 Å². The molecule has 0 amide bonds. The molecule has 2 aromatic heterocycles. The minimum absolute atomic E-state index is 0.739. The van der Waals surface area contributed by atoms with Crippen LogP contribution in [-0.2, 0) is 13.1 Å². The van der Waals surface area contributed by atoms with Gasteiger partial charge in [-0.05, 0) is 35.0 Å². The second kappa shape index (κ2) is 6.17. The lowest BCUT2D eigenvalue weighted by molar-refractivity contribution is 0.602. The standard InChI is InChI=1S/C14H17N7/c1-2-6-20-10-12(9-17-20)8-15-13-4-3-5-14(7-13)21-11-16-18-19-21/h3-5,7,9-11,15H,2,6,8H2,1H3. The van der Waals surface area contributed by atoms with Crippen molar-refractivity contribution in [3.8, 4) is 5.69 Å². The van der Waals surface area contributed by atoms with Gasteiger partial charge in [0.2, 0.25) is 0 Å². The summed E-state index contributed by atoms with van der Waals surface area (Å²) in [4.78, 5) is 0. The van der Waals surface area contributed by atoms with Crippen molar-refractivity contribution in [1.82, 2.24) is 30.0 Å². The summed E-state index contributed by atoms with van der Waals surface area (Å²) in [7, 11) is 0. The monoisotopic (exact) mass is 283 g/mol. The Balaban J connectivity index is 1.66. The van der Waals surface area contributed by atoms with Crippen LogP contribution in [0.4, 0.5) is 5.69 Å². The first kappa shape index (κ1) is 13.3. The third-order valence-corrected chi connectivity index (χ3v) is 3.10. The van der Waals surface area contributed by atoms with Crippen molar-refractivity contribution in [3.05, 3.63) is 48.5 Å². The molecule has 0 atom stereocenters. The maximum absolute atomic E-state index is 4.32. The van der Waals surface area contributed by atoms with Gasteiger partial charge in [-0.2, -0.15) is 5.10 Å². The summed E-state index contributed by atoms with van der Waals surface area (Å²) < 4.78 is 3.60. The van der Waals surface area contributed by atoms with E-state index in [1.54, 1.807) is 11.0 Å². The fraction of sp³-hybridized carbons (Fsp3) is 0.286. The van der Waals surface area contributed by atoms with Gasteiger partial charge < -0.3 is 5.32 Å². The van der Waals surface area contributed by atoms with Crippen LogP contribution in [0.2, 0.25) is 0 Å². The number of aromatic nitrogens is 6. The number of anilines is 1. The molecular formula is C14H17N7. The van der Waals surface area contributed by atoms with E-state index in [1.165, 1.54) is 0 Å². The summed E-state index contributed by atoms with van der Waals surface area (Å²) in [6.07, 6.45) is 6.63. The zero-order valence-corrected chi connectivity index (χ0v) is 11.8. The molecule has 0 fully saturated rings. The zero-order chi connectivity index (χ0) is 14.5. The van der Waals surface area contributed by atoms with Gasteiger partial charge >= 0.3 is 0 Å². The molecule has 3 aromatic rings. The molecule has 0 radical (unpaired) electrons. The Morgan fingerprint density at radius 1 is 1.29 bits per heavy atom. The Kier molecular flexibility index (Phi) is 3.90. The number of benzene rings is 1. The first-order valence-electron chi connectivity index (χ1n) is 6.94. The van der Waals surface area contributed by atoms with E-state index in [0.29, 0.717) is 0 Å². The van der Waals surface area contributed by atoms with Crippen LogP contribution in [0.3, 0.4) is 0 Å². The highest BCUT2D eigenvalue weighted by Gasteiger charge is 2.01. The quantitative estimate of drug-likeness (QED) is 0.747. The Labute approximate surface area is 122 Å². The third kappa shape index (κ3) is 3.25. The van der Waals surface area contributed by atoms with E-state index in [1.807, 2.05) is 35.1 Å². The van der Waals surface area contributed by atoms with Crippen LogP contribution in [0.15, 0.2) is 43.0 Å². The summed E-state index contributed by atoms with van der Waals surface area (Å²) in [5.74, 6) is 0. The predicted octanol–water partition coefficient (Wildman–Crippen LogP) is 1.88. The molecule has 0 saturated carbocycles. The van der Waals surface area contributed by atoms with Crippen molar-refractivity contribution in [1.29, 1.82) is 0 Å². The van der Waals surface area contributed by atoms with Gasteiger partial charge in [-0.3, -0.25) is 4.68 Å². The van der Waals surface area contributed by atoms with E-state index in [-0.39, 0.29) is 0 Å². The van der Waals surface area contributed by atoms with Gasteiger partial charge in [-0.15, -0.1) is 5.10 Å². The van der Waals surface area contributed by atoms with E-state index in [0.717, 1.165) is 36.4 Å². The molecule has 0 spiro atoms. The fourth-order valence-electron chi connectivity index (χ4n) is 2.09. The van der Waals surface area contributed by atoms with Crippen LogP contribution in [0.5, 0.6) is 0 Å². The first-order chi connectivity index (χ1) is 10.3. The van der Waals surface area contributed by atoms with Crippen molar-refractivity contribution < 1.29 is 0 Å². The van der Waals surface area contributed by atoms with Gasteiger partial charge in [-0.1, -0.05) is 13.0 Å². The van der Waals surface area contributed by atoms with Crippen molar-refractivity contribution in [2.24, 2.45) is 0 Å². The molecule has 21 heavy (non-hydrogen) atoms. The highest BCUT2D eigenvalue weighted by molar-refractivity contribution is 5.50. The zero-order valence-electron chi connectivity index (χ0n) is 11.8. The van der Waals surface area contributed by atoms with Gasteiger partial charge in [-0.25, -0.2) is 4.68 Å². The van der Waals surface area contributed by atoms with Crippen molar-refractivity contribution >= 4 is 5.69 Å². The minimum Gasteiger partial charge on any atom is -0.381 e. The number of hydrogen-bond donors (Lipinski definition) is 1. The van der Waals surface area contributed by atoms with Gasteiger partial charge in [0.25, 0.3) is 0 Å². The summed E-state index contributed by atoms with van der Waals surface area (Å²) >= 11 is 0. The Bertz CT molecular complexity index is 687. The van der Waals surface area contributed by atoms with E-state index in [2.05, 4.69) is 39.1 Å². The van der Waals surface area contributed by atoms with Crippen LogP contribution in [0, 0.1) is 0 Å². The van der Waals surface area contributed by atoms with E-state index < -0.39 is 0 Å². The molecule has 7 nitrogen and oxygen atoms in total. The molecule has 0 aliphatic heterocycles. The number of nitrogens with zero attached hydrogens (tertiary/aromatic N) is 6. The Morgan fingerprint density at radius 2 is 2.24 bits per heavy atom. The molecule has 1 aromatic carbocycles. The average molecular weight is 283 g/mol. The van der Waals surface area contributed by atoms with Gasteiger partial charge in [0, 0.05) is 30.5 Å². The maximum atomic E-state index is 4.32. The number of nitrogens with one attached hydrogen (secondary N) is 1. The normalized spacial score (nSPS) is 10.7. The largest absolute Gasteiger partial charge is 0.381 e. The third-order valence-electron chi connectivity index (χ3n) is 3.10. The van der Waals surface area contributed by atoms with Gasteiger partial charge in [0.1, 0.15) is 6.33 Å². The van der Waals surface area contributed by atoms with Crippen molar-refractivity contribution in [2.45, 2.75) is 26.4 Å². The second-order valence-electron chi connectivity index (χ2n) is 4.77. The van der Waals surface area contributed by atoms with Crippen LogP contribution in [0.25, 0.3) is 5.69 Å². The average Bonchev–Trinajstić information content (AvgIpc) is 3.18. The molecular weight excluding hydrogens is 266 g/mol. The number of aryl methyl sites for hydroxylation is 1. The molecule has 7 heteroatoms. The summed E-state index contributed by atoms with van der Waals surface area (Å²) in [6, 6.07) is 7.96. The number of rotatable bonds is 6. The molecule has 2 heterocycles. The summed E-state index contributed by atoms with van der Waals surface area (Å²) in [6.45, 7) is 3.83. The number of hydrogen-bond acceptors (Lipinski definition) is 5. The second-order valence-corrected chi connectivity index (χ2v) is 4.77. The first-order valence-corrected chi connectivity index (χ1v) is 6.94. The summed E-state index contributed by atoms with van der Waals surface area (Å²) in [5, 5.41) is 18.9. The molecule has 0 saturated heterocycles. The maximum Gasteiger partial charge on any atom is 0.143 e. The highest BCUT2D eigenvalue weighted by atomic mass is 15.5. The topological polar surface area (TPSA) is 73.5 Å². The van der Waals surface area contributed by atoms with E-state index in [9.17, 15) is 0 Å². The lowest BCUT2D eigenvalue weighted by Gasteiger charge is -2.06. The SMILES string of the molecule is CCCn1cc(CNc2cccc(-n3cnnn3)c2)cn1. The molecule has 0 bridgehead atoms. The summed E-state index contributed by atoms with van der Waals surface area (Å²) in [5.41, 5.74) is 3.11. The van der Waals surface area contributed by atoms with Crippen molar-refractivity contribution in [2.75, 3.05) is 5.32 Å².